The number of piperidine rings is 1. The molecule has 0 aliphatic carbocycles. The maximum atomic E-state index is 12.4. The molecular formula is C20H29N3O2. The van der Waals surface area contributed by atoms with Crippen LogP contribution in [-0.2, 0) is 9.59 Å². The summed E-state index contributed by atoms with van der Waals surface area (Å²) in [5.74, 6) is 0.356. The number of likely N-dealkylation sites (tertiary alicyclic amines) is 1. The Bertz CT molecular complexity index is 625. The molecule has 0 saturated carbocycles. The highest BCUT2D eigenvalue weighted by molar-refractivity contribution is 5.89. The van der Waals surface area contributed by atoms with Gasteiger partial charge in [-0.05, 0) is 44.0 Å². The van der Waals surface area contributed by atoms with Crippen LogP contribution in [0.25, 0.3) is 0 Å². The summed E-state index contributed by atoms with van der Waals surface area (Å²) in [5, 5.41) is 6.10. The summed E-state index contributed by atoms with van der Waals surface area (Å²) in [7, 11) is 0. The van der Waals surface area contributed by atoms with Gasteiger partial charge in [0.2, 0.25) is 11.8 Å². The van der Waals surface area contributed by atoms with Gasteiger partial charge in [0.25, 0.3) is 0 Å². The molecule has 2 N–H and O–H groups in total. The van der Waals surface area contributed by atoms with Crippen LogP contribution in [0.4, 0.5) is 5.69 Å². The zero-order chi connectivity index (χ0) is 17.8. The summed E-state index contributed by atoms with van der Waals surface area (Å²) in [6.07, 6.45) is 4.67. The number of benzene rings is 1. The van der Waals surface area contributed by atoms with Gasteiger partial charge in [-0.2, -0.15) is 0 Å². The van der Waals surface area contributed by atoms with Crippen molar-refractivity contribution in [3.63, 3.8) is 0 Å². The quantitative estimate of drug-likeness (QED) is 0.864. The lowest BCUT2D eigenvalue weighted by molar-refractivity contribution is -0.123. The van der Waals surface area contributed by atoms with Gasteiger partial charge in [-0.3, -0.25) is 9.59 Å². The van der Waals surface area contributed by atoms with E-state index in [0.29, 0.717) is 0 Å². The van der Waals surface area contributed by atoms with Crippen molar-refractivity contribution in [1.82, 2.24) is 10.2 Å². The topological polar surface area (TPSA) is 61.4 Å². The highest BCUT2D eigenvalue weighted by Crippen LogP contribution is 2.32. The van der Waals surface area contributed by atoms with E-state index in [9.17, 15) is 9.59 Å². The Hall–Kier alpha value is -1.88. The number of rotatable bonds is 5. The first-order valence-electron chi connectivity index (χ1n) is 9.44. The maximum absolute atomic E-state index is 12.4. The molecule has 2 amide bonds. The molecule has 2 heterocycles. The highest BCUT2D eigenvalue weighted by atomic mass is 16.2. The summed E-state index contributed by atoms with van der Waals surface area (Å²) in [4.78, 5) is 26.3. The molecule has 0 spiro atoms. The molecule has 5 nitrogen and oxygen atoms in total. The predicted molar refractivity (Wildman–Crippen MR) is 99.5 cm³/mol. The molecule has 2 aliphatic heterocycles. The van der Waals surface area contributed by atoms with E-state index < -0.39 is 0 Å². The van der Waals surface area contributed by atoms with Crippen molar-refractivity contribution in [1.29, 1.82) is 0 Å². The smallest absolute Gasteiger partial charge is 0.224 e. The van der Waals surface area contributed by atoms with Gasteiger partial charge >= 0.3 is 0 Å². The molecule has 1 aromatic carbocycles. The fourth-order valence-electron chi connectivity index (χ4n) is 4.13. The molecule has 136 valence electrons. The third kappa shape index (κ3) is 4.40. The van der Waals surface area contributed by atoms with Gasteiger partial charge in [0.15, 0.2) is 0 Å². The van der Waals surface area contributed by atoms with Crippen LogP contribution in [0.2, 0.25) is 0 Å². The van der Waals surface area contributed by atoms with Gasteiger partial charge in [-0.1, -0.05) is 31.5 Å². The molecule has 2 saturated heterocycles. The Labute approximate surface area is 150 Å². The number of carbonyl (C=O) groups is 2. The van der Waals surface area contributed by atoms with Crippen molar-refractivity contribution >= 4 is 17.5 Å². The molecule has 3 rings (SSSR count). The first-order valence-corrected chi connectivity index (χ1v) is 9.44. The number of nitrogens with one attached hydrogen (secondary N) is 2. The van der Waals surface area contributed by atoms with Crippen LogP contribution in [0.3, 0.4) is 0 Å². The Kier molecular flexibility index (Phi) is 5.74. The van der Waals surface area contributed by atoms with Gasteiger partial charge in [0, 0.05) is 31.1 Å². The average Bonchev–Trinajstić information content (AvgIpc) is 2.96. The fraction of sp³-hybridized carbons (Fsp3) is 0.600. The monoisotopic (exact) mass is 343 g/mol. The number of hydrogen-bond donors (Lipinski definition) is 2. The van der Waals surface area contributed by atoms with Crippen LogP contribution in [0.15, 0.2) is 24.3 Å². The number of amides is 2. The van der Waals surface area contributed by atoms with Crippen molar-refractivity contribution < 1.29 is 9.59 Å². The van der Waals surface area contributed by atoms with E-state index in [1.807, 2.05) is 24.3 Å². The lowest BCUT2D eigenvalue weighted by Crippen LogP contribution is -2.36. The lowest BCUT2D eigenvalue weighted by Gasteiger charge is -2.28. The summed E-state index contributed by atoms with van der Waals surface area (Å²) in [6.45, 7) is 6.77. The molecule has 3 unspecified atom stereocenters. The molecule has 1 aromatic rings. The minimum Gasteiger partial charge on any atom is -0.352 e. The zero-order valence-electron chi connectivity index (χ0n) is 15.3. The van der Waals surface area contributed by atoms with Crippen LogP contribution in [-0.4, -0.2) is 42.4 Å². The number of para-hydroxylation sites is 1. The molecular weight excluding hydrogens is 314 g/mol. The molecule has 3 atom stereocenters. The van der Waals surface area contributed by atoms with Gasteiger partial charge in [0.05, 0.1) is 5.92 Å². The summed E-state index contributed by atoms with van der Waals surface area (Å²) < 4.78 is 0. The third-order valence-corrected chi connectivity index (χ3v) is 5.53. The minimum absolute atomic E-state index is 0.0712. The standard InChI is InChI=1S/C20H29N3O2/c1-14(17-8-4-5-9-18(17)21-15(2)24)19-12-16(20(25)22-19)13-23-10-6-3-7-11-23/h4-5,8-9,14,16,19H,3,6-7,10-13H2,1-2H3,(H,21,24)(H,22,25). The Morgan fingerprint density at radius 2 is 2.00 bits per heavy atom. The Balaban J connectivity index is 1.66. The summed E-state index contributed by atoms with van der Waals surface area (Å²) in [6, 6.07) is 8.00. The second kappa shape index (κ2) is 8.00. The van der Waals surface area contributed by atoms with Crippen molar-refractivity contribution in [3.05, 3.63) is 29.8 Å². The molecule has 2 aliphatic rings. The Morgan fingerprint density at radius 3 is 2.72 bits per heavy atom. The van der Waals surface area contributed by atoms with E-state index in [0.717, 1.165) is 37.3 Å². The number of hydrogen-bond acceptors (Lipinski definition) is 3. The van der Waals surface area contributed by atoms with E-state index in [1.54, 1.807) is 0 Å². The van der Waals surface area contributed by atoms with Gasteiger partial charge in [-0.25, -0.2) is 0 Å². The first kappa shape index (κ1) is 17.9. The van der Waals surface area contributed by atoms with E-state index in [2.05, 4.69) is 22.5 Å². The zero-order valence-corrected chi connectivity index (χ0v) is 15.3. The fourth-order valence-corrected chi connectivity index (χ4v) is 4.13. The second-order valence-electron chi connectivity index (χ2n) is 7.47. The van der Waals surface area contributed by atoms with Crippen molar-refractivity contribution in [2.24, 2.45) is 5.92 Å². The maximum Gasteiger partial charge on any atom is 0.224 e. The minimum atomic E-state index is -0.0712. The van der Waals surface area contributed by atoms with E-state index in [1.165, 1.54) is 26.2 Å². The largest absolute Gasteiger partial charge is 0.352 e. The average molecular weight is 343 g/mol. The molecule has 0 radical (unpaired) electrons. The third-order valence-electron chi connectivity index (χ3n) is 5.53. The van der Waals surface area contributed by atoms with Crippen molar-refractivity contribution in [2.75, 3.05) is 25.0 Å². The van der Waals surface area contributed by atoms with Crippen LogP contribution < -0.4 is 10.6 Å². The molecule has 5 heteroatoms. The van der Waals surface area contributed by atoms with E-state index in [4.69, 9.17) is 0 Å². The van der Waals surface area contributed by atoms with Crippen LogP contribution in [0.1, 0.15) is 51.0 Å². The number of anilines is 1. The number of nitrogens with zero attached hydrogens (tertiary/aromatic N) is 1. The van der Waals surface area contributed by atoms with Crippen molar-refractivity contribution in [2.45, 2.75) is 51.5 Å². The van der Waals surface area contributed by atoms with E-state index in [-0.39, 0.29) is 29.7 Å². The Morgan fingerprint density at radius 1 is 1.28 bits per heavy atom. The normalized spacial score (nSPS) is 25.4. The summed E-state index contributed by atoms with van der Waals surface area (Å²) in [5.41, 5.74) is 1.93. The molecule has 2 fully saturated rings. The highest BCUT2D eigenvalue weighted by Gasteiger charge is 2.36. The van der Waals surface area contributed by atoms with E-state index >= 15 is 0 Å². The van der Waals surface area contributed by atoms with Crippen LogP contribution >= 0.6 is 0 Å². The summed E-state index contributed by atoms with van der Waals surface area (Å²) >= 11 is 0. The van der Waals surface area contributed by atoms with Gasteiger partial charge < -0.3 is 15.5 Å². The van der Waals surface area contributed by atoms with Gasteiger partial charge in [-0.15, -0.1) is 0 Å². The van der Waals surface area contributed by atoms with Crippen LogP contribution in [0, 0.1) is 5.92 Å². The SMILES string of the molecule is CC(=O)Nc1ccccc1C(C)C1CC(CN2CCCCC2)C(=O)N1. The molecule has 0 bridgehead atoms. The molecule has 25 heavy (non-hydrogen) atoms. The van der Waals surface area contributed by atoms with Crippen LogP contribution in [0.5, 0.6) is 0 Å². The molecule has 0 aromatic heterocycles. The van der Waals surface area contributed by atoms with Gasteiger partial charge in [0.1, 0.15) is 0 Å². The lowest BCUT2D eigenvalue weighted by atomic mass is 9.89. The predicted octanol–water partition coefficient (Wildman–Crippen LogP) is 2.74. The first-order chi connectivity index (χ1) is 12.0. The second-order valence-corrected chi connectivity index (χ2v) is 7.47. The van der Waals surface area contributed by atoms with Crippen molar-refractivity contribution in [3.8, 4) is 0 Å². The number of carbonyl (C=O) groups excluding carboxylic acids is 2.